The summed E-state index contributed by atoms with van der Waals surface area (Å²) in [6.45, 7) is 2.03. The van der Waals surface area contributed by atoms with Gasteiger partial charge in [-0.2, -0.15) is 0 Å². The SMILES string of the molecule is COCCC(CN)COc1ccccc1. The van der Waals surface area contributed by atoms with E-state index in [0.29, 0.717) is 19.1 Å². The zero-order valence-electron chi connectivity index (χ0n) is 9.19. The summed E-state index contributed by atoms with van der Waals surface area (Å²) in [6.07, 6.45) is 0.944. The summed E-state index contributed by atoms with van der Waals surface area (Å²) in [5.74, 6) is 1.26. The van der Waals surface area contributed by atoms with Crippen LogP contribution in [0.5, 0.6) is 5.75 Å². The van der Waals surface area contributed by atoms with Crippen molar-refractivity contribution in [1.29, 1.82) is 0 Å². The summed E-state index contributed by atoms with van der Waals surface area (Å²) in [7, 11) is 1.70. The largest absolute Gasteiger partial charge is 0.493 e. The molecule has 0 amide bonds. The highest BCUT2D eigenvalue weighted by Gasteiger charge is 2.07. The summed E-state index contributed by atoms with van der Waals surface area (Å²) >= 11 is 0. The summed E-state index contributed by atoms with van der Waals surface area (Å²) in [4.78, 5) is 0. The summed E-state index contributed by atoms with van der Waals surface area (Å²) in [5.41, 5.74) is 5.64. The van der Waals surface area contributed by atoms with Gasteiger partial charge in [0.15, 0.2) is 0 Å². The van der Waals surface area contributed by atoms with Crippen LogP contribution in [0.2, 0.25) is 0 Å². The van der Waals surface area contributed by atoms with E-state index in [1.807, 2.05) is 30.3 Å². The predicted octanol–water partition coefficient (Wildman–Crippen LogP) is 1.68. The number of rotatable bonds is 7. The minimum atomic E-state index is 0.366. The molecule has 2 N–H and O–H groups in total. The summed E-state index contributed by atoms with van der Waals surface area (Å²) in [5, 5.41) is 0. The Kier molecular flexibility index (Phi) is 5.81. The minimum Gasteiger partial charge on any atom is -0.493 e. The molecule has 0 saturated carbocycles. The summed E-state index contributed by atoms with van der Waals surface area (Å²) in [6, 6.07) is 9.79. The zero-order chi connectivity index (χ0) is 10.9. The lowest BCUT2D eigenvalue weighted by Gasteiger charge is -2.15. The first-order valence-corrected chi connectivity index (χ1v) is 5.23. The number of hydrogen-bond donors (Lipinski definition) is 1. The molecular formula is C12H19NO2. The third-order valence-electron chi connectivity index (χ3n) is 2.29. The standard InChI is InChI=1S/C12H19NO2/c1-14-8-7-11(9-13)10-15-12-5-3-2-4-6-12/h2-6,11H,7-10,13H2,1H3. The highest BCUT2D eigenvalue weighted by molar-refractivity contribution is 5.20. The monoisotopic (exact) mass is 209 g/mol. The fourth-order valence-electron chi connectivity index (χ4n) is 1.28. The van der Waals surface area contributed by atoms with Gasteiger partial charge in [-0.25, -0.2) is 0 Å². The van der Waals surface area contributed by atoms with Crippen molar-refractivity contribution in [3.8, 4) is 5.75 Å². The van der Waals surface area contributed by atoms with Crippen molar-refractivity contribution in [2.75, 3.05) is 26.9 Å². The lowest BCUT2D eigenvalue weighted by atomic mass is 10.1. The molecule has 1 atom stereocenters. The van der Waals surface area contributed by atoms with Crippen LogP contribution in [0.25, 0.3) is 0 Å². The molecule has 84 valence electrons. The predicted molar refractivity (Wildman–Crippen MR) is 61.0 cm³/mol. The number of benzene rings is 1. The molecule has 15 heavy (non-hydrogen) atoms. The second kappa shape index (κ2) is 7.26. The van der Waals surface area contributed by atoms with Crippen LogP contribution in [0.1, 0.15) is 6.42 Å². The molecule has 3 heteroatoms. The normalized spacial score (nSPS) is 12.4. The first kappa shape index (κ1) is 12.0. The molecular weight excluding hydrogens is 190 g/mol. The molecule has 0 fully saturated rings. The maximum Gasteiger partial charge on any atom is 0.119 e. The quantitative estimate of drug-likeness (QED) is 0.743. The van der Waals surface area contributed by atoms with E-state index in [2.05, 4.69) is 0 Å². The van der Waals surface area contributed by atoms with Crippen LogP contribution in [-0.2, 0) is 4.74 Å². The van der Waals surface area contributed by atoms with Crippen LogP contribution in [-0.4, -0.2) is 26.9 Å². The Labute approximate surface area is 91.2 Å². The van der Waals surface area contributed by atoms with Gasteiger partial charge in [-0.05, 0) is 25.1 Å². The van der Waals surface area contributed by atoms with Crippen molar-refractivity contribution in [3.63, 3.8) is 0 Å². The van der Waals surface area contributed by atoms with Crippen molar-refractivity contribution in [2.24, 2.45) is 11.7 Å². The van der Waals surface area contributed by atoms with Gasteiger partial charge in [0, 0.05) is 19.6 Å². The molecule has 1 aromatic carbocycles. The Morgan fingerprint density at radius 1 is 1.27 bits per heavy atom. The van der Waals surface area contributed by atoms with Crippen LogP contribution >= 0.6 is 0 Å². The highest BCUT2D eigenvalue weighted by Crippen LogP contribution is 2.11. The molecule has 0 saturated heterocycles. The van der Waals surface area contributed by atoms with Crippen molar-refractivity contribution in [2.45, 2.75) is 6.42 Å². The van der Waals surface area contributed by atoms with Crippen molar-refractivity contribution in [3.05, 3.63) is 30.3 Å². The van der Waals surface area contributed by atoms with Crippen LogP contribution in [0.15, 0.2) is 30.3 Å². The van der Waals surface area contributed by atoms with Crippen LogP contribution in [0, 0.1) is 5.92 Å². The van der Waals surface area contributed by atoms with E-state index in [0.717, 1.165) is 18.8 Å². The molecule has 0 bridgehead atoms. The van der Waals surface area contributed by atoms with Crippen molar-refractivity contribution in [1.82, 2.24) is 0 Å². The molecule has 1 aromatic rings. The minimum absolute atomic E-state index is 0.366. The molecule has 0 aliphatic rings. The van der Waals surface area contributed by atoms with Gasteiger partial charge in [0.2, 0.25) is 0 Å². The van der Waals surface area contributed by atoms with Gasteiger partial charge >= 0.3 is 0 Å². The van der Waals surface area contributed by atoms with E-state index in [9.17, 15) is 0 Å². The molecule has 0 aliphatic carbocycles. The van der Waals surface area contributed by atoms with E-state index < -0.39 is 0 Å². The smallest absolute Gasteiger partial charge is 0.119 e. The van der Waals surface area contributed by atoms with Gasteiger partial charge in [-0.1, -0.05) is 18.2 Å². The van der Waals surface area contributed by atoms with E-state index in [1.165, 1.54) is 0 Å². The number of ether oxygens (including phenoxy) is 2. The van der Waals surface area contributed by atoms with Crippen LogP contribution in [0.3, 0.4) is 0 Å². The Morgan fingerprint density at radius 3 is 2.60 bits per heavy atom. The van der Waals surface area contributed by atoms with Gasteiger partial charge in [0.1, 0.15) is 5.75 Å². The topological polar surface area (TPSA) is 44.5 Å². The molecule has 0 aliphatic heterocycles. The molecule has 3 nitrogen and oxygen atoms in total. The van der Waals surface area contributed by atoms with Crippen LogP contribution in [0.4, 0.5) is 0 Å². The average Bonchev–Trinajstić information content (AvgIpc) is 2.31. The lowest BCUT2D eigenvalue weighted by Crippen LogP contribution is -2.22. The maximum absolute atomic E-state index is 5.64. The fourth-order valence-corrected chi connectivity index (χ4v) is 1.28. The second-order valence-electron chi connectivity index (χ2n) is 3.51. The molecule has 0 aromatic heterocycles. The Bertz CT molecular complexity index is 251. The van der Waals surface area contributed by atoms with Gasteiger partial charge in [-0.15, -0.1) is 0 Å². The molecule has 1 unspecified atom stereocenters. The fraction of sp³-hybridized carbons (Fsp3) is 0.500. The van der Waals surface area contributed by atoms with Crippen LogP contribution < -0.4 is 10.5 Å². The van der Waals surface area contributed by atoms with Gasteiger partial charge < -0.3 is 15.2 Å². The number of nitrogens with two attached hydrogens (primary N) is 1. The number of methoxy groups -OCH3 is 1. The van der Waals surface area contributed by atoms with Crippen molar-refractivity contribution < 1.29 is 9.47 Å². The Balaban J connectivity index is 2.28. The molecule has 1 rings (SSSR count). The average molecular weight is 209 g/mol. The van der Waals surface area contributed by atoms with Gasteiger partial charge in [0.05, 0.1) is 6.61 Å². The first-order chi connectivity index (χ1) is 7.36. The van der Waals surface area contributed by atoms with E-state index >= 15 is 0 Å². The second-order valence-corrected chi connectivity index (χ2v) is 3.51. The highest BCUT2D eigenvalue weighted by atomic mass is 16.5. The zero-order valence-corrected chi connectivity index (χ0v) is 9.19. The molecule has 0 radical (unpaired) electrons. The van der Waals surface area contributed by atoms with Crippen molar-refractivity contribution >= 4 is 0 Å². The first-order valence-electron chi connectivity index (χ1n) is 5.23. The lowest BCUT2D eigenvalue weighted by molar-refractivity contribution is 0.157. The Hall–Kier alpha value is -1.06. The van der Waals surface area contributed by atoms with E-state index in [4.69, 9.17) is 15.2 Å². The van der Waals surface area contributed by atoms with Gasteiger partial charge in [0.25, 0.3) is 0 Å². The van der Waals surface area contributed by atoms with E-state index in [-0.39, 0.29) is 0 Å². The third kappa shape index (κ3) is 4.81. The molecule has 0 heterocycles. The maximum atomic E-state index is 5.64. The third-order valence-corrected chi connectivity index (χ3v) is 2.29. The van der Waals surface area contributed by atoms with E-state index in [1.54, 1.807) is 7.11 Å². The number of hydrogen-bond acceptors (Lipinski definition) is 3. The summed E-state index contributed by atoms with van der Waals surface area (Å²) < 4.78 is 10.6. The number of para-hydroxylation sites is 1. The Morgan fingerprint density at radius 2 is 2.00 bits per heavy atom. The van der Waals surface area contributed by atoms with Gasteiger partial charge in [-0.3, -0.25) is 0 Å². The molecule has 0 spiro atoms.